The maximum Gasteiger partial charge on any atom is 0.337 e. The van der Waals surface area contributed by atoms with Gasteiger partial charge in [-0.2, -0.15) is 0 Å². The number of aliphatic imine (C=N–C) groups is 1. The summed E-state index contributed by atoms with van der Waals surface area (Å²) in [6, 6.07) is 0. The van der Waals surface area contributed by atoms with Crippen LogP contribution in [0.2, 0.25) is 0 Å². The van der Waals surface area contributed by atoms with Gasteiger partial charge in [-0.15, -0.1) is 0 Å². The SMILES string of the molecule is CCOC(=O)C1=CNC(SC)=NC1. The second-order valence-electron chi connectivity index (χ2n) is 2.36. The molecule has 0 aromatic rings. The number of carbonyl (C=O) groups excluding carboxylic acids is 1. The molecule has 0 unspecified atom stereocenters. The number of nitrogens with zero attached hydrogens (tertiary/aromatic N) is 1. The summed E-state index contributed by atoms with van der Waals surface area (Å²) in [5, 5.41) is 3.74. The number of hydrogen-bond acceptors (Lipinski definition) is 5. The van der Waals surface area contributed by atoms with E-state index in [4.69, 9.17) is 4.74 Å². The van der Waals surface area contributed by atoms with Gasteiger partial charge < -0.3 is 10.1 Å². The third kappa shape index (κ3) is 2.77. The molecule has 0 radical (unpaired) electrons. The molecule has 0 saturated heterocycles. The summed E-state index contributed by atoms with van der Waals surface area (Å²) in [6.45, 7) is 2.59. The van der Waals surface area contributed by atoms with Gasteiger partial charge in [0.15, 0.2) is 5.17 Å². The van der Waals surface area contributed by atoms with E-state index in [0.717, 1.165) is 5.17 Å². The first-order valence-electron chi connectivity index (χ1n) is 3.99. The fourth-order valence-corrected chi connectivity index (χ4v) is 1.24. The topological polar surface area (TPSA) is 50.7 Å². The number of carbonyl (C=O) groups is 1. The molecule has 1 heterocycles. The van der Waals surface area contributed by atoms with E-state index in [1.165, 1.54) is 11.8 Å². The van der Waals surface area contributed by atoms with Gasteiger partial charge in [-0.05, 0) is 13.2 Å². The molecule has 1 aliphatic rings. The Morgan fingerprint density at radius 1 is 1.85 bits per heavy atom. The minimum Gasteiger partial charge on any atom is -0.463 e. The Morgan fingerprint density at radius 3 is 3.08 bits per heavy atom. The molecule has 0 amide bonds. The smallest absolute Gasteiger partial charge is 0.337 e. The Kier molecular flexibility index (Phi) is 3.82. The zero-order valence-corrected chi connectivity index (χ0v) is 8.48. The molecule has 0 aromatic heterocycles. The number of hydrogen-bond donors (Lipinski definition) is 1. The van der Waals surface area contributed by atoms with E-state index < -0.39 is 0 Å². The van der Waals surface area contributed by atoms with Gasteiger partial charge in [0.1, 0.15) is 0 Å². The molecule has 0 atom stereocenters. The van der Waals surface area contributed by atoms with Crippen LogP contribution in [0, 0.1) is 0 Å². The molecule has 1 rings (SSSR count). The Labute approximate surface area is 81.4 Å². The van der Waals surface area contributed by atoms with E-state index >= 15 is 0 Å². The zero-order chi connectivity index (χ0) is 9.68. The van der Waals surface area contributed by atoms with Crippen LogP contribution < -0.4 is 5.32 Å². The van der Waals surface area contributed by atoms with Crippen LogP contribution in [0.15, 0.2) is 16.8 Å². The third-order valence-corrected chi connectivity index (χ3v) is 2.13. The first-order valence-corrected chi connectivity index (χ1v) is 5.21. The van der Waals surface area contributed by atoms with Gasteiger partial charge >= 0.3 is 5.97 Å². The van der Waals surface area contributed by atoms with Crippen molar-refractivity contribution in [2.75, 3.05) is 19.4 Å². The van der Waals surface area contributed by atoms with Crippen molar-refractivity contribution in [3.8, 4) is 0 Å². The standard InChI is InChI=1S/C8H12N2O2S/c1-3-12-7(11)6-4-9-8(13-2)10-5-6/h4H,3,5H2,1-2H3,(H,9,10). The molecule has 1 N–H and O–H groups in total. The molecule has 13 heavy (non-hydrogen) atoms. The van der Waals surface area contributed by atoms with Crippen molar-refractivity contribution in [3.63, 3.8) is 0 Å². The van der Waals surface area contributed by atoms with Crippen molar-refractivity contribution >= 4 is 22.9 Å². The molecule has 0 aromatic carbocycles. The monoisotopic (exact) mass is 200 g/mol. The predicted molar refractivity (Wildman–Crippen MR) is 53.7 cm³/mol. The van der Waals surface area contributed by atoms with Crippen LogP contribution in [0.25, 0.3) is 0 Å². The number of thioether (sulfide) groups is 1. The quantitative estimate of drug-likeness (QED) is 0.668. The molecule has 0 spiro atoms. The first-order chi connectivity index (χ1) is 6.27. The fraction of sp³-hybridized carbons (Fsp3) is 0.500. The van der Waals surface area contributed by atoms with Crippen LogP contribution in [0.3, 0.4) is 0 Å². The van der Waals surface area contributed by atoms with Crippen molar-refractivity contribution < 1.29 is 9.53 Å². The lowest BCUT2D eigenvalue weighted by Crippen LogP contribution is -2.23. The molecule has 4 nitrogen and oxygen atoms in total. The summed E-state index contributed by atoms with van der Waals surface area (Å²) in [5.41, 5.74) is 0.569. The summed E-state index contributed by atoms with van der Waals surface area (Å²) in [7, 11) is 0. The van der Waals surface area contributed by atoms with Crippen molar-refractivity contribution in [2.24, 2.45) is 4.99 Å². The lowest BCUT2D eigenvalue weighted by molar-refractivity contribution is -0.138. The summed E-state index contributed by atoms with van der Waals surface area (Å²) in [4.78, 5) is 15.3. The van der Waals surface area contributed by atoms with Crippen molar-refractivity contribution in [1.82, 2.24) is 5.32 Å². The van der Waals surface area contributed by atoms with E-state index in [9.17, 15) is 4.79 Å². The molecule has 0 fully saturated rings. The third-order valence-electron chi connectivity index (χ3n) is 1.49. The molecular weight excluding hydrogens is 188 g/mol. The van der Waals surface area contributed by atoms with Gasteiger partial charge in [-0.1, -0.05) is 11.8 Å². The lowest BCUT2D eigenvalue weighted by atomic mass is 10.3. The second kappa shape index (κ2) is 4.91. The van der Waals surface area contributed by atoms with Gasteiger partial charge in [0.2, 0.25) is 0 Å². The van der Waals surface area contributed by atoms with E-state index in [-0.39, 0.29) is 5.97 Å². The van der Waals surface area contributed by atoms with Crippen molar-refractivity contribution in [2.45, 2.75) is 6.92 Å². The zero-order valence-electron chi connectivity index (χ0n) is 7.66. The van der Waals surface area contributed by atoms with E-state index in [2.05, 4.69) is 10.3 Å². The highest BCUT2D eigenvalue weighted by Crippen LogP contribution is 2.06. The first kappa shape index (κ1) is 10.1. The Hall–Kier alpha value is -0.970. The van der Waals surface area contributed by atoms with Gasteiger partial charge in [0.25, 0.3) is 0 Å². The van der Waals surface area contributed by atoms with Crippen LogP contribution in [-0.4, -0.2) is 30.5 Å². The summed E-state index contributed by atoms with van der Waals surface area (Å²) >= 11 is 1.52. The molecule has 72 valence electrons. The second-order valence-corrected chi connectivity index (χ2v) is 3.15. The van der Waals surface area contributed by atoms with Gasteiger partial charge in [0.05, 0.1) is 18.7 Å². The summed E-state index contributed by atoms with van der Waals surface area (Å²) < 4.78 is 4.83. The number of nitrogens with one attached hydrogen (secondary N) is 1. The van der Waals surface area contributed by atoms with E-state index in [0.29, 0.717) is 18.7 Å². The van der Waals surface area contributed by atoms with Gasteiger partial charge in [0, 0.05) is 6.20 Å². The van der Waals surface area contributed by atoms with Crippen molar-refractivity contribution in [1.29, 1.82) is 0 Å². The average Bonchev–Trinajstić information content (AvgIpc) is 2.18. The maximum atomic E-state index is 11.2. The number of amidine groups is 1. The van der Waals surface area contributed by atoms with Crippen molar-refractivity contribution in [3.05, 3.63) is 11.8 Å². The summed E-state index contributed by atoms with van der Waals surface area (Å²) in [5.74, 6) is -0.293. The minimum atomic E-state index is -0.293. The molecule has 1 aliphatic heterocycles. The highest BCUT2D eigenvalue weighted by Gasteiger charge is 2.13. The van der Waals surface area contributed by atoms with Gasteiger partial charge in [-0.25, -0.2) is 4.79 Å². The number of esters is 1. The van der Waals surface area contributed by atoms with Gasteiger partial charge in [-0.3, -0.25) is 4.99 Å². The lowest BCUT2D eigenvalue weighted by Gasteiger charge is -2.11. The molecule has 0 aliphatic carbocycles. The van der Waals surface area contributed by atoms with Crippen LogP contribution in [0.4, 0.5) is 0 Å². The largest absolute Gasteiger partial charge is 0.463 e. The number of ether oxygens (including phenoxy) is 1. The maximum absolute atomic E-state index is 11.2. The predicted octanol–water partition coefficient (Wildman–Crippen LogP) is 0.756. The summed E-state index contributed by atoms with van der Waals surface area (Å²) in [6.07, 6.45) is 3.58. The normalized spacial score (nSPS) is 15.5. The fourth-order valence-electron chi connectivity index (χ4n) is 0.868. The Balaban J connectivity index is 2.48. The van der Waals surface area contributed by atoms with E-state index in [1.807, 2.05) is 6.26 Å². The average molecular weight is 200 g/mol. The van der Waals surface area contributed by atoms with Crippen LogP contribution in [0.1, 0.15) is 6.92 Å². The highest BCUT2D eigenvalue weighted by molar-refractivity contribution is 8.13. The molecular formula is C8H12N2O2S. The van der Waals surface area contributed by atoms with Crippen LogP contribution in [-0.2, 0) is 9.53 Å². The Bertz CT molecular complexity index is 261. The molecule has 0 bridgehead atoms. The van der Waals surface area contributed by atoms with Crippen LogP contribution >= 0.6 is 11.8 Å². The van der Waals surface area contributed by atoms with Crippen LogP contribution in [0.5, 0.6) is 0 Å². The minimum absolute atomic E-state index is 0.293. The molecule has 5 heteroatoms. The highest BCUT2D eigenvalue weighted by atomic mass is 32.2. The molecule has 0 saturated carbocycles. The van der Waals surface area contributed by atoms with E-state index in [1.54, 1.807) is 13.1 Å². The number of rotatable bonds is 2. The Morgan fingerprint density at radius 2 is 2.62 bits per heavy atom.